The predicted octanol–water partition coefficient (Wildman–Crippen LogP) is 2.55. The molecule has 0 fully saturated rings. The molecule has 0 bridgehead atoms. The summed E-state index contributed by atoms with van der Waals surface area (Å²) in [5, 5.41) is 3.61. The van der Waals surface area contributed by atoms with Crippen molar-refractivity contribution < 1.29 is 19.0 Å². The molecule has 1 N–H and O–H groups in total. The maximum Gasteiger partial charge on any atom is 0.340 e. The number of ether oxygens (including phenoxy) is 3. The van der Waals surface area contributed by atoms with Crippen LogP contribution in [-0.4, -0.2) is 39.6 Å². The van der Waals surface area contributed by atoms with Crippen molar-refractivity contribution in [3.63, 3.8) is 0 Å². The van der Waals surface area contributed by atoms with Gasteiger partial charge in [-0.05, 0) is 25.1 Å². The quantitative estimate of drug-likeness (QED) is 0.644. The number of hydrogen-bond acceptors (Lipinski definition) is 5. The first-order valence-electron chi connectivity index (χ1n) is 5.73. The van der Waals surface area contributed by atoms with Crippen molar-refractivity contribution in [2.45, 2.75) is 19.3 Å². The highest BCUT2D eigenvalue weighted by Gasteiger charge is 2.19. The maximum atomic E-state index is 11.7. The first-order chi connectivity index (χ1) is 9.03. The van der Waals surface area contributed by atoms with E-state index in [4.69, 9.17) is 25.8 Å². The minimum Gasteiger partial charge on any atom is -0.465 e. The third-order valence-electron chi connectivity index (χ3n) is 2.64. The van der Waals surface area contributed by atoms with E-state index in [-0.39, 0.29) is 6.04 Å². The van der Waals surface area contributed by atoms with Crippen LogP contribution in [-0.2, 0) is 14.2 Å². The highest BCUT2D eigenvalue weighted by molar-refractivity contribution is 6.31. The lowest BCUT2D eigenvalue weighted by Gasteiger charge is -2.24. The summed E-state index contributed by atoms with van der Waals surface area (Å²) in [6.07, 6.45) is -0.429. The Bertz CT molecular complexity index is 435. The van der Waals surface area contributed by atoms with Crippen LogP contribution >= 0.6 is 11.6 Å². The van der Waals surface area contributed by atoms with Gasteiger partial charge in [0.2, 0.25) is 0 Å². The highest BCUT2D eigenvalue weighted by atomic mass is 35.5. The molecule has 0 amide bonds. The van der Waals surface area contributed by atoms with Gasteiger partial charge >= 0.3 is 5.97 Å². The zero-order valence-corrected chi connectivity index (χ0v) is 12.2. The summed E-state index contributed by atoms with van der Waals surface area (Å²) < 4.78 is 15.0. The van der Waals surface area contributed by atoms with E-state index in [9.17, 15) is 4.79 Å². The Morgan fingerprint density at radius 2 is 1.89 bits per heavy atom. The molecule has 0 spiro atoms. The zero-order valence-electron chi connectivity index (χ0n) is 11.4. The predicted molar refractivity (Wildman–Crippen MR) is 73.7 cm³/mol. The van der Waals surface area contributed by atoms with Crippen LogP contribution < -0.4 is 5.32 Å². The molecule has 1 aromatic carbocycles. The topological polar surface area (TPSA) is 56.8 Å². The minimum atomic E-state index is -0.455. The molecule has 1 aromatic rings. The second-order valence-corrected chi connectivity index (χ2v) is 4.39. The summed E-state index contributed by atoms with van der Waals surface area (Å²) >= 11 is 5.89. The first kappa shape index (κ1) is 15.8. The zero-order chi connectivity index (χ0) is 14.4. The Hall–Kier alpha value is -1.30. The van der Waals surface area contributed by atoms with Crippen LogP contribution in [0.1, 0.15) is 17.3 Å². The van der Waals surface area contributed by atoms with E-state index in [1.54, 1.807) is 32.4 Å². The van der Waals surface area contributed by atoms with Gasteiger partial charge in [0, 0.05) is 24.9 Å². The van der Waals surface area contributed by atoms with Crippen LogP contribution in [0.4, 0.5) is 5.69 Å². The lowest BCUT2D eigenvalue weighted by atomic mass is 10.1. The molecule has 0 aromatic heterocycles. The van der Waals surface area contributed by atoms with Gasteiger partial charge in [0.05, 0.1) is 18.7 Å². The fraction of sp³-hybridized carbons (Fsp3) is 0.462. The molecule has 0 heterocycles. The Kier molecular flexibility index (Phi) is 6.08. The maximum absolute atomic E-state index is 11.7. The van der Waals surface area contributed by atoms with Gasteiger partial charge in [0.15, 0.2) is 6.29 Å². The number of nitrogens with one attached hydrogen (secondary N) is 1. The largest absolute Gasteiger partial charge is 0.465 e. The van der Waals surface area contributed by atoms with Gasteiger partial charge in [0.25, 0.3) is 0 Å². The van der Waals surface area contributed by atoms with Crippen molar-refractivity contribution in [1.29, 1.82) is 0 Å². The van der Waals surface area contributed by atoms with Crippen LogP contribution in [0.5, 0.6) is 0 Å². The van der Waals surface area contributed by atoms with Crippen molar-refractivity contribution in [2.75, 3.05) is 26.6 Å². The van der Waals surface area contributed by atoms with E-state index in [0.29, 0.717) is 16.3 Å². The van der Waals surface area contributed by atoms with E-state index in [1.807, 2.05) is 6.92 Å². The molecule has 0 aliphatic carbocycles. The second-order valence-electron chi connectivity index (χ2n) is 3.95. The molecule has 0 radical (unpaired) electrons. The van der Waals surface area contributed by atoms with E-state index in [2.05, 4.69) is 5.32 Å². The molecule has 0 aliphatic heterocycles. The Morgan fingerprint density at radius 1 is 1.26 bits per heavy atom. The molecular weight excluding hydrogens is 270 g/mol. The van der Waals surface area contributed by atoms with E-state index in [1.165, 1.54) is 7.11 Å². The van der Waals surface area contributed by atoms with Crippen LogP contribution in [0.25, 0.3) is 0 Å². The molecular formula is C13H18ClNO4. The molecule has 0 saturated heterocycles. The average Bonchev–Trinajstić information content (AvgIpc) is 2.41. The van der Waals surface area contributed by atoms with Gasteiger partial charge in [-0.25, -0.2) is 4.79 Å². The number of halogens is 1. The SMILES string of the molecule is COC(=O)c1cc(Cl)ccc1NC(C)C(OC)OC. The summed E-state index contributed by atoms with van der Waals surface area (Å²) in [5.41, 5.74) is 0.982. The molecule has 1 atom stereocenters. The van der Waals surface area contributed by atoms with Crippen LogP contribution in [0.15, 0.2) is 18.2 Å². The first-order valence-corrected chi connectivity index (χ1v) is 6.11. The second kappa shape index (κ2) is 7.33. The fourth-order valence-electron chi connectivity index (χ4n) is 1.74. The Morgan fingerprint density at radius 3 is 2.42 bits per heavy atom. The molecule has 6 heteroatoms. The molecule has 1 rings (SSSR count). The van der Waals surface area contributed by atoms with E-state index in [0.717, 1.165) is 0 Å². The standard InChI is InChI=1S/C13H18ClNO4/c1-8(13(18-3)19-4)15-11-6-5-9(14)7-10(11)12(16)17-2/h5-8,13,15H,1-4H3. The number of anilines is 1. The van der Waals surface area contributed by atoms with Gasteiger partial charge in [-0.1, -0.05) is 11.6 Å². The average molecular weight is 288 g/mol. The number of benzene rings is 1. The highest BCUT2D eigenvalue weighted by Crippen LogP contribution is 2.23. The molecule has 1 unspecified atom stereocenters. The number of esters is 1. The van der Waals surface area contributed by atoms with Crippen molar-refractivity contribution in [3.05, 3.63) is 28.8 Å². The monoisotopic (exact) mass is 287 g/mol. The molecule has 19 heavy (non-hydrogen) atoms. The summed E-state index contributed by atoms with van der Waals surface area (Å²) in [6, 6.07) is 4.81. The summed E-state index contributed by atoms with van der Waals surface area (Å²) in [5.74, 6) is -0.455. The van der Waals surface area contributed by atoms with Crippen molar-refractivity contribution in [2.24, 2.45) is 0 Å². The van der Waals surface area contributed by atoms with Gasteiger partial charge in [-0.3, -0.25) is 0 Å². The molecule has 5 nitrogen and oxygen atoms in total. The lowest BCUT2D eigenvalue weighted by Crippen LogP contribution is -2.34. The third kappa shape index (κ3) is 4.09. The Labute approximate surface area is 117 Å². The number of carbonyl (C=O) groups excluding carboxylic acids is 1. The van der Waals surface area contributed by atoms with E-state index >= 15 is 0 Å². The van der Waals surface area contributed by atoms with Crippen LogP contribution in [0.3, 0.4) is 0 Å². The smallest absolute Gasteiger partial charge is 0.340 e. The van der Waals surface area contributed by atoms with Crippen LogP contribution in [0.2, 0.25) is 5.02 Å². The van der Waals surface area contributed by atoms with Crippen molar-refractivity contribution in [1.82, 2.24) is 0 Å². The minimum absolute atomic E-state index is 0.153. The Balaban J connectivity index is 2.97. The number of rotatable bonds is 6. The molecule has 0 saturated carbocycles. The molecule has 106 valence electrons. The number of hydrogen-bond donors (Lipinski definition) is 1. The fourth-order valence-corrected chi connectivity index (χ4v) is 1.91. The van der Waals surface area contributed by atoms with Crippen molar-refractivity contribution in [3.8, 4) is 0 Å². The summed E-state index contributed by atoms with van der Waals surface area (Å²) in [7, 11) is 4.43. The summed E-state index contributed by atoms with van der Waals surface area (Å²) in [4.78, 5) is 11.7. The normalized spacial score (nSPS) is 12.3. The lowest BCUT2D eigenvalue weighted by molar-refractivity contribution is -0.109. The van der Waals surface area contributed by atoms with E-state index < -0.39 is 12.3 Å². The number of methoxy groups -OCH3 is 3. The van der Waals surface area contributed by atoms with Gasteiger partial charge in [0.1, 0.15) is 0 Å². The summed E-state index contributed by atoms with van der Waals surface area (Å²) in [6.45, 7) is 1.88. The molecule has 0 aliphatic rings. The van der Waals surface area contributed by atoms with Gasteiger partial charge < -0.3 is 19.5 Å². The number of carbonyl (C=O) groups is 1. The van der Waals surface area contributed by atoms with Gasteiger partial charge in [-0.15, -0.1) is 0 Å². The van der Waals surface area contributed by atoms with Crippen LogP contribution in [0, 0.1) is 0 Å². The van der Waals surface area contributed by atoms with Crippen molar-refractivity contribution >= 4 is 23.3 Å². The van der Waals surface area contributed by atoms with Gasteiger partial charge in [-0.2, -0.15) is 0 Å². The third-order valence-corrected chi connectivity index (χ3v) is 2.88.